The summed E-state index contributed by atoms with van der Waals surface area (Å²) in [7, 11) is 0. The van der Waals surface area contributed by atoms with Crippen molar-refractivity contribution in [3.8, 4) is 101 Å². The number of hydrogen-bond acceptors (Lipinski definition) is 8. The highest BCUT2D eigenvalue weighted by Crippen LogP contribution is 2.65. The van der Waals surface area contributed by atoms with E-state index < -0.39 is 10.8 Å². The number of hydrogen-bond donors (Lipinski definition) is 0. The molecule has 26 rings (SSSR count). The number of fused-ring (bicyclic) bond motifs is 28. The van der Waals surface area contributed by atoms with Crippen LogP contribution in [0.25, 0.3) is 177 Å². The van der Waals surface area contributed by atoms with Gasteiger partial charge in [0.1, 0.15) is 0 Å². The molecular weight excluding hydrogens is 1520 g/mol. The first-order chi connectivity index (χ1) is 60.4. The Hall–Kier alpha value is -15.1. The normalized spacial score (nSPS) is 13.3. The molecule has 4 aliphatic rings. The summed E-state index contributed by atoms with van der Waals surface area (Å²) in [5.74, 6) is 0.728. The second kappa shape index (κ2) is 27.8. The van der Waals surface area contributed by atoms with Gasteiger partial charge in [-0.2, -0.15) is 0 Å². The summed E-state index contributed by atoms with van der Waals surface area (Å²) >= 11 is 3.76. The zero-order valence-electron chi connectivity index (χ0n) is 65.8. The summed E-state index contributed by atoms with van der Waals surface area (Å²) in [4.78, 5) is 36.5. The van der Waals surface area contributed by atoms with Gasteiger partial charge >= 0.3 is 0 Å². The van der Waals surface area contributed by atoms with E-state index in [1.807, 2.05) is 53.9 Å². The van der Waals surface area contributed by atoms with Gasteiger partial charge in [-0.15, -0.1) is 0 Å². The Balaban J connectivity index is 0.000000134. The number of pyridine rings is 4. The van der Waals surface area contributed by atoms with Crippen molar-refractivity contribution in [2.75, 3.05) is 0 Å². The molecule has 0 fully saturated rings. The van der Waals surface area contributed by atoms with Crippen LogP contribution in [-0.4, -0.2) is 29.9 Å². The third-order valence-electron chi connectivity index (χ3n) is 25.7. The number of nitrogens with zero attached hydrogens (tertiary/aromatic N) is 6. The molecule has 122 heavy (non-hydrogen) atoms. The van der Waals surface area contributed by atoms with E-state index in [9.17, 15) is 0 Å². The van der Waals surface area contributed by atoms with E-state index in [4.69, 9.17) is 29.9 Å². The highest BCUT2D eigenvalue weighted by Gasteiger charge is 2.52. The van der Waals surface area contributed by atoms with Crippen molar-refractivity contribution in [1.82, 2.24) is 29.9 Å². The second-order valence-corrected chi connectivity index (χ2v) is 34.3. The van der Waals surface area contributed by atoms with Crippen molar-refractivity contribution in [2.45, 2.75) is 30.4 Å². The molecule has 0 saturated heterocycles. The molecule has 2 aliphatic carbocycles. The van der Waals surface area contributed by atoms with Crippen molar-refractivity contribution in [3.63, 3.8) is 0 Å². The largest absolute Gasteiger partial charge is 0.247 e. The van der Waals surface area contributed by atoms with Gasteiger partial charge in [-0.25, -0.2) is 29.9 Å². The molecule has 22 aromatic rings. The van der Waals surface area contributed by atoms with Crippen molar-refractivity contribution >= 4 is 99.6 Å². The Morgan fingerprint density at radius 3 is 0.934 bits per heavy atom. The summed E-state index contributed by atoms with van der Waals surface area (Å²) in [6.07, 6.45) is 0. The molecule has 0 radical (unpaired) electrons. The van der Waals surface area contributed by atoms with E-state index in [0.29, 0.717) is 0 Å². The maximum absolute atomic E-state index is 5.42. The van der Waals surface area contributed by atoms with Gasteiger partial charge in [0, 0.05) is 90.7 Å². The number of benzene rings is 17. The summed E-state index contributed by atoms with van der Waals surface area (Å²) in [6.45, 7) is 0. The predicted molar refractivity (Wildman–Crippen MR) is 503 cm³/mol. The minimum atomic E-state index is -0.443. The number of para-hydroxylation sites is 3. The number of rotatable bonds is 7. The molecule has 5 aromatic heterocycles. The van der Waals surface area contributed by atoms with Crippen LogP contribution in [0, 0.1) is 0 Å². The molecule has 0 bridgehead atoms. The van der Waals surface area contributed by atoms with Crippen LogP contribution in [0.3, 0.4) is 0 Å². The van der Waals surface area contributed by atoms with Crippen LogP contribution in [0.2, 0.25) is 0 Å². The van der Waals surface area contributed by atoms with E-state index in [2.05, 4.69) is 382 Å². The SMILES string of the molecule is c1ccc(-c2ccc3ccc4ccc(-c5ccc(-c6nc7ccccc7c7cc8c(cc67)-c6ccccc6C86c7ccccc7Sc7ccccc76)cc5)nc4c3n2)cc1.c1ccc(-c2nc(-c3ccc(-c4ccc(-c5nc6ccccc6c6cc7c(cc56)-c5ccccc5C75c6ccccc6Sc6ccccc65)cc4)cc3)c3ccccc3n2)cc1. The first kappa shape index (κ1) is 70.0. The molecule has 0 N–H and O–H groups in total. The zero-order valence-corrected chi connectivity index (χ0v) is 67.4. The minimum absolute atomic E-state index is 0.439. The third kappa shape index (κ3) is 10.7. The molecule has 0 atom stereocenters. The van der Waals surface area contributed by atoms with Gasteiger partial charge in [0.05, 0.1) is 66.9 Å². The van der Waals surface area contributed by atoms with Crippen molar-refractivity contribution in [2.24, 2.45) is 0 Å². The van der Waals surface area contributed by atoms with Crippen LogP contribution in [0.5, 0.6) is 0 Å². The fourth-order valence-corrected chi connectivity index (χ4v) is 22.6. The molecule has 17 aromatic carbocycles. The fourth-order valence-electron chi connectivity index (χ4n) is 20.2. The van der Waals surface area contributed by atoms with Crippen LogP contribution in [0.15, 0.2) is 432 Å². The van der Waals surface area contributed by atoms with Gasteiger partial charge in [-0.1, -0.05) is 357 Å². The van der Waals surface area contributed by atoms with Gasteiger partial charge in [0.15, 0.2) is 5.82 Å². The maximum atomic E-state index is 5.42. The monoisotopic (exact) mass is 1580 g/mol. The summed E-state index contributed by atoms with van der Waals surface area (Å²) in [5, 5.41) is 10.2. The Bertz CT molecular complexity index is 8040. The summed E-state index contributed by atoms with van der Waals surface area (Å²) in [6, 6.07) is 149. The van der Waals surface area contributed by atoms with Gasteiger partial charge in [-0.3, -0.25) is 0 Å². The molecule has 566 valence electrons. The lowest BCUT2D eigenvalue weighted by atomic mass is 9.67. The smallest absolute Gasteiger partial charge is 0.160 e. The Morgan fingerprint density at radius 1 is 0.180 bits per heavy atom. The molecule has 0 unspecified atom stereocenters. The summed E-state index contributed by atoms with van der Waals surface area (Å²) in [5.41, 5.74) is 33.1. The average Bonchev–Trinajstić information content (AvgIpc) is 1.52. The lowest BCUT2D eigenvalue weighted by Gasteiger charge is -2.39. The Labute approximate surface area is 712 Å². The second-order valence-electron chi connectivity index (χ2n) is 32.1. The van der Waals surface area contributed by atoms with Gasteiger partial charge in [-0.05, 0) is 168 Å². The fraction of sp³-hybridized carbons (Fsp3) is 0.0175. The first-order valence-electron chi connectivity index (χ1n) is 41.5. The Kier molecular flexibility index (Phi) is 15.9. The highest BCUT2D eigenvalue weighted by atomic mass is 32.2. The van der Waals surface area contributed by atoms with E-state index in [-0.39, 0.29) is 0 Å². The van der Waals surface area contributed by atoms with Gasteiger partial charge in [0.2, 0.25) is 0 Å². The molecule has 2 spiro atoms. The van der Waals surface area contributed by atoms with E-state index >= 15 is 0 Å². The maximum Gasteiger partial charge on any atom is 0.160 e. The summed E-state index contributed by atoms with van der Waals surface area (Å²) < 4.78 is 0. The molecule has 7 heterocycles. The standard InChI is InChI=1S/C58H35N3S.C56H33N3S/c1-2-14-40(15-3-1)57-60-52-23-11-6-18-43(52)55(61-57)38-30-26-36(27-31-38)37-28-32-39(33-29-37)56-46-34-45-41-16-4-7-19-47(41)58(50(45)35-44(46)42-17-5-10-22-51(42)59-56)48-20-8-12-24-53(48)62-54-25-13-9-21-49(54)58;1-2-12-34(13-3-1)48-30-28-37-26-27-38-29-31-49(58-55(38)54(37)57-48)35-22-24-36(25-23-35)53-43-32-42-39-14-4-6-16-44(39)56(47(42)33-41(43)40-15-5-9-19-50(40)59-53)45-17-7-10-20-51(45)60-52-21-11-8-18-46(52)56/h1-35H;1-33H. The van der Waals surface area contributed by atoms with Gasteiger partial charge < -0.3 is 0 Å². The average molecular weight is 1590 g/mol. The van der Waals surface area contributed by atoms with Crippen LogP contribution in [-0.2, 0) is 10.8 Å². The van der Waals surface area contributed by atoms with E-state index in [1.54, 1.807) is 0 Å². The molecule has 8 heteroatoms. The molecule has 0 amide bonds. The predicted octanol–water partition coefficient (Wildman–Crippen LogP) is 29.1. The first-order valence-corrected chi connectivity index (χ1v) is 43.2. The van der Waals surface area contributed by atoms with Crippen LogP contribution >= 0.6 is 23.5 Å². The van der Waals surface area contributed by atoms with Crippen molar-refractivity contribution in [1.29, 1.82) is 0 Å². The lowest BCUT2D eigenvalue weighted by Crippen LogP contribution is -2.31. The van der Waals surface area contributed by atoms with Crippen molar-refractivity contribution < 1.29 is 0 Å². The topological polar surface area (TPSA) is 77.3 Å². The van der Waals surface area contributed by atoms with E-state index in [1.165, 1.54) is 97.1 Å². The van der Waals surface area contributed by atoms with Crippen molar-refractivity contribution in [3.05, 3.63) is 457 Å². The molecule has 0 saturated carbocycles. The van der Waals surface area contributed by atoms with Crippen LogP contribution < -0.4 is 0 Å². The molecule has 2 aliphatic heterocycles. The zero-order chi connectivity index (χ0) is 80.1. The Morgan fingerprint density at radius 2 is 0.500 bits per heavy atom. The number of aromatic nitrogens is 6. The van der Waals surface area contributed by atoms with E-state index in [0.717, 1.165) is 144 Å². The third-order valence-corrected chi connectivity index (χ3v) is 28.0. The van der Waals surface area contributed by atoms with Crippen LogP contribution in [0.1, 0.15) is 44.5 Å². The van der Waals surface area contributed by atoms with Gasteiger partial charge in [0.25, 0.3) is 0 Å². The molecular formula is C114H68N6S2. The highest BCUT2D eigenvalue weighted by molar-refractivity contribution is 7.99. The lowest BCUT2D eigenvalue weighted by molar-refractivity contribution is 0.723. The molecule has 6 nitrogen and oxygen atoms in total. The quantitative estimate of drug-likeness (QED) is 0.146. The minimum Gasteiger partial charge on any atom is -0.247 e. The van der Waals surface area contributed by atoms with Crippen LogP contribution in [0.4, 0.5) is 0 Å².